The molecule has 3 aromatic rings. The predicted molar refractivity (Wildman–Crippen MR) is 113 cm³/mol. The molecule has 2 atom stereocenters. The number of hydrogen-bond acceptors (Lipinski definition) is 2. The first-order chi connectivity index (χ1) is 12.5. The summed E-state index contributed by atoms with van der Waals surface area (Å²) in [4.78, 5) is 12.6. The normalized spacial score (nSPS) is 20.2. The third-order valence-electron chi connectivity index (χ3n) is 5.02. The Labute approximate surface area is 157 Å². The number of carbonyl (C=O) groups excluding carboxylic acids is 1. The molecule has 2 unspecified atom stereocenters. The molecular formula is C24H20OS. The SMILES string of the molecule is C=C(/C=c1/ccccc1=C)C1SC(=O)C(C)c2cc3ccccc3cc21. The monoisotopic (exact) mass is 356 g/mol. The highest BCUT2D eigenvalue weighted by atomic mass is 32.2. The van der Waals surface area contributed by atoms with Gasteiger partial charge in [-0.3, -0.25) is 4.79 Å². The molecule has 0 N–H and O–H groups in total. The van der Waals surface area contributed by atoms with Crippen molar-refractivity contribution in [2.24, 2.45) is 0 Å². The minimum Gasteiger partial charge on any atom is -0.287 e. The lowest BCUT2D eigenvalue weighted by Gasteiger charge is -2.29. The molecule has 0 bridgehead atoms. The first-order valence-corrected chi connectivity index (χ1v) is 9.60. The van der Waals surface area contributed by atoms with E-state index in [0.29, 0.717) is 0 Å². The van der Waals surface area contributed by atoms with Crippen molar-refractivity contribution in [1.29, 1.82) is 0 Å². The zero-order valence-electron chi connectivity index (χ0n) is 14.7. The van der Waals surface area contributed by atoms with Crippen LogP contribution in [0.5, 0.6) is 0 Å². The van der Waals surface area contributed by atoms with Crippen molar-refractivity contribution >= 4 is 40.3 Å². The van der Waals surface area contributed by atoms with E-state index >= 15 is 0 Å². The van der Waals surface area contributed by atoms with Crippen LogP contribution in [0.2, 0.25) is 0 Å². The molecule has 1 aliphatic rings. The molecule has 26 heavy (non-hydrogen) atoms. The molecule has 0 aliphatic carbocycles. The molecule has 4 rings (SSSR count). The first-order valence-electron chi connectivity index (χ1n) is 8.72. The Hall–Kier alpha value is -2.58. The van der Waals surface area contributed by atoms with Crippen molar-refractivity contribution in [3.8, 4) is 0 Å². The van der Waals surface area contributed by atoms with E-state index < -0.39 is 0 Å². The van der Waals surface area contributed by atoms with Crippen LogP contribution in [0.25, 0.3) is 23.4 Å². The van der Waals surface area contributed by atoms with Crippen LogP contribution in [-0.4, -0.2) is 5.12 Å². The van der Waals surface area contributed by atoms with Crippen molar-refractivity contribution in [2.45, 2.75) is 18.1 Å². The fourth-order valence-corrected chi connectivity index (χ4v) is 4.63. The number of thioether (sulfide) groups is 1. The Morgan fingerprint density at radius 1 is 1.00 bits per heavy atom. The van der Waals surface area contributed by atoms with Gasteiger partial charge in [0.25, 0.3) is 0 Å². The molecule has 3 aromatic carbocycles. The molecule has 0 radical (unpaired) electrons. The van der Waals surface area contributed by atoms with Crippen molar-refractivity contribution < 1.29 is 4.79 Å². The van der Waals surface area contributed by atoms with Crippen LogP contribution in [0.15, 0.2) is 72.8 Å². The summed E-state index contributed by atoms with van der Waals surface area (Å²) < 4.78 is 0. The maximum atomic E-state index is 12.6. The lowest BCUT2D eigenvalue weighted by molar-refractivity contribution is -0.112. The van der Waals surface area contributed by atoms with Gasteiger partial charge in [0.2, 0.25) is 0 Å². The van der Waals surface area contributed by atoms with Gasteiger partial charge in [0.15, 0.2) is 5.12 Å². The first kappa shape index (κ1) is 16.9. The minimum absolute atomic E-state index is 0.0575. The molecule has 1 heterocycles. The highest BCUT2D eigenvalue weighted by Crippen LogP contribution is 2.48. The van der Waals surface area contributed by atoms with Crippen LogP contribution in [0.1, 0.15) is 29.2 Å². The van der Waals surface area contributed by atoms with Gasteiger partial charge in [-0.05, 0) is 44.0 Å². The van der Waals surface area contributed by atoms with E-state index in [1.165, 1.54) is 28.1 Å². The zero-order chi connectivity index (χ0) is 18.3. The average molecular weight is 356 g/mol. The summed E-state index contributed by atoms with van der Waals surface area (Å²) in [6.45, 7) is 10.4. The van der Waals surface area contributed by atoms with Gasteiger partial charge in [0.1, 0.15) is 0 Å². The van der Waals surface area contributed by atoms with Crippen LogP contribution in [0, 0.1) is 0 Å². The number of rotatable bonds is 2. The third kappa shape index (κ3) is 2.91. The summed E-state index contributed by atoms with van der Waals surface area (Å²) in [6, 6.07) is 20.7. The van der Waals surface area contributed by atoms with E-state index in [0.717, 1.165) is 21.6 Å². The van der Waals surface area contributed by atoms with Crippen LogP contribution in [-0.2, 0) is 4.79 Å². The highest BCUT2D eigenvalue weighted by Gasteiger charge is 2.32. The average Bonchev–Trinajstić information content (AvgIpc) is 2.65. The van der Waals surface area contributed by atoms with Gasteiger partial charge in [-0.15, -0.1) is 0 Å². The van der Waals surface area contributed by atoms with E-state index in [-0.39, 0.29) is 16.3 Å². The molecule has 0 saturated heterocycles. The molecule has 0 aromatic heterocycles. The molecule has 0 spiro atoms. The molecule has 2 heteroatoms. The molecule has 1 nitrogen and oxygen atoms in total. The second kappa shape index (κ2) is 6.62. The molecule has 1 aliphatic heterocycles. The van der Waals surface area contributed by atoms with Gasteiger partial charge in [0, 0.05) is 0 Å². The summed E-state index contributed by atoms with van der Waals surface area (Å²) in [6.07, 6.45) is 2.06. The van der Waals surface area contributed by atoms with Crippen LogP contribution >= 0.6 is 11.8 Å². The maximum Gasteiger partial charge on any atom is 0.197 e. The summed E-state index contributed by atoms with van der Waals surface area (Å²) in [5, 5.41) is 4.53. The summed E-state index contributed by atoms with van der Waals surface area (Å²) in [7, 11) is 0. The van der Waals surface area contributed by atoms with Crippen molar-refractivity contribution in [2.75, 3.05) is 0 Å². The van der Waals surface area contributed by atoms with Gasteiger partial charge in [-0.2, -0.15) is 0 Å². The maximum absolute atomic E-state index is 12.6. The summed E-state index contributed by atoms with van der Waals surface area (Å²) >= 11 is 1.39. The molecular weight excluding hydrogens is 336 g/mol. The molecule has 128 valence electrons. The number of benzene rings is 3. The van der Waals surface area contributed by atoms with Crippen LogP contribution in [0.3, 0.4) is 0 Å². The lowest BCUT2D eigenvalue weighted by Crippen LogP contribution is -2.23. The fraction of sp³-hybridized carbons (Fsp3) is 0.125. The van der Waals surface area contributed by atoms with Gasteiger partial charge >= 0.3 is 0 Å². The van der Waals surface area contributed by atoms with Gasteiger partial charge < -0.3 is 0 Å². The van der Waals surface area contributed by atoms with Gasteiger partial charge in [0.05, 0.1) is 11.2 Å². The standard InChI is InChI=1S/C24H20OS/c1-15-8-4-5-9-18(15)12-16(2)23-22-14-20-11-7-6-10-19(20)13-21(22)17(3)24(25)26-23/h4-14,17,23H,1-2H2,3H3/b18-12-. The second-order valence-corrected chi connectivity index (χ2v) is 7.89. The highest BCUT2D eigenvalue weighted by molar-refractivity contribution is 8.14. The minimum atomic E-state index is -0.0937. The lowest BCUT2D eigenvalue weighted by atomic mass is 9.89. The van der Waals surface area contributed by atoms with Crippen molar-refractivity contribution in [1.82, 2.24) is 0 Å². The Morgan fingerprint density at radius 3 is 2.31 bits per heavy atom. The predicted octanol–water partition coefficient (Wildman–Crippen LogP) is 4.71. The van der Waals surface area contributed by atoms with E-state index in [2.05, 4.69) is 43.5 Å². The quantitative estimate of drug-likeness (QED) is 0.662. The Morgan fingerprint density at radius 2 is 1.62 bits per heavy atom. The Bertz CT molecular complexity index is 1140. The van der Waals surface area contributed by atoms with E-state index in [9.17, 15) is 4.79 Å². The molecule has 0 fully saturated rings. The largest absolute Gasteiger partial charge is 0.287 e. The van der Waals surface area contributed by atoms with E-state index in [1.54, 1.807) is 0 Å². The topological polar surface area (TPSA) is 17.1 Å². The smallest absolute Gasteiger partial charge is 0.197 e. The molecule has 0 amide bonds. The van der Waals surface area contributed by atoms with Crippen LogP contribution < -0.4 is 10.4 Å². The number of hydrogen-bond donors (Lipinski definition) is 0. The summed E-state index contributed by atoms with van der Waals surface area (Å²) in [5.74, 6) is -0.0937. The second-order valence-electron chi connectivity index (χ2n) is 6.78. The van der Waals surface area contributed by atoms with Gasteiger partial charge in [-0.25, -0.2) is 0 Å². The number of carbonyl (C=O) groups is 1. The third-order valence-corrected chi connectivity index (χ3v) is 6.40. The van der Waals surface area contributed by atoms with Crippen molar-refractivity contribution in [3.05, 3.63) is 94.4 Å². The fourth-order valence-electron chi connectivity index (χ4n) is 3.51. The Kier molecular flexibility index (Phi) is 4.29. The Balaban J connectivity index is 1.87. The summed E-state index contributed by atoms with van der Waals surface area (Å²) in [5.41, 5.74) is 3.25. The zero-order valence-corrected chi connectivity index (χ0v) is 15.6. The van der Waals surface area contributed by atoms with E-state index in [4.69, 9.17) is 0 Å². The van der Waals surface area contributed by atoms with E-state index in [1.807, 2.05) is 43.3 Å². The van der Waals surface area contributed by atoms with Crippen molar-refractivity contribution in [3.63, 3.8) is 0 Å². The number of fused-ring (bicyclic) bond motifs is 2. The molecule has 0 saturated carbocycles. The van der Waals surface area contributed by atoms with Crippen LogP contribution in [0.4, 0.5) is 0 Å². The van der Waals surface area contributed by atoms with Gasteiger partial charge in [-0.1, -0.05) is 92.5 Å².